The van der Waals surface area contributed by atoms with Crippen LogP contribution >= 0.6 is 11.6 Å². The van der Waals surface area contributed by atoms with Gasteiger partial charge in [-0.1, -0.05) is 17.7 Å². The summed E-state index contributed by atoms with van der Waals surface area (Å²) in [5, 5.41) is 4.47. The molecule has 0 bridgehead atoms. The number of esters is 1. The zero-order chi connectivity index (χ0) is 10.8. The summed E-state index contributed by atoms with van der Waals surface area (Å²) in [6.07, 6.45) is 1.46. The zero-order valence-corrected chi connectivity index (χ0v) is 8.86. The van der Waals surface area contributed by atoms with Gasteiger partial charge >= 0.3 is 5.97 Å². The van der Waals surface area contributed by atoms with E-state index in [4.69, 9.17) is 16.3 Å². The van der Waals surface area contributed by atoms with Crippen molar-refractivity contribution in [3.05, 3.63) is 35.1 Å². The Balaban J connectivity index is 2.54. The molecule has 0 spiro atoms. The van der Waals surface area contributed by atoms with E-state index in [2.05, 4.69) is 5.10 Å². The normalized spacial score (nSPS) is 10.5. The van der Waals surface area contributed by atoms with Gasteiger partial charge in [0.25, 0.3) is 0 Å². The average molecular weight is 225 g/mol. The highest BCUT2D eigenvalue weighted by Gasteiger charge is 2.14. The molecule has 0 aliphatic carbocycles. The zero-order valence-electron chi connectivity index (χ0n) is 8.11. The average Bonchev–Trinajstić information content (AvgIpc) is 2.63. The van der Waals surface area contributed by atoms with E-state index in [-0.39, 0.29) is 5.97 Å². The monoisotopic (exact) mass is 224 g/mol. The van der Waals surface area contributed by atoms with Crippen molar-refractivity contribution >= 4 is 23.1 Å². The van der Waals surface area contributed by atoms with Crippen molar-refractivity contribution < 1.29 is 9.53 Å². The minimum atomic E-state index is -0.380. The number of carbonyl (C=O) groups excluding carboxylic acids is 1. The number of carbonyl (C=O) groups is 1. The van der Waals surface area contributed by atoms with Gasteiger partial charge in [0, 0.05) is 0 Å². The van der Waals surface area contributed by atoms with Gasteiger partial charge in [0.1, 0.15) is 10.7 Å². The highest BCUT2D eigenvalue weighted by atomic mass is 35.5. The molecule has 0 N–H and O–H groups in total. The third-order valence-electron chi connectivity index (χ3n) is 1.99. The second kappa shape index (κ2) is 3.90. The number of aromatic nitrogens is 2. The van der Waals surface area contributed by atoms with Crippen molar-refractivity contribution in [2.75, 3.05) is 6.61 Å². The van der Waals surface area contributed by atoms with Crippen LogP contribution in [0.25, 0.3) is 5.52 Å². The number of hydrogen-bond acceptors (Lipinski definition) is 3. The third-order valence-corrected chi connectivity index (χ3v) is 2.28. The first kappa shape index (κ1) is 9.98. The summed E-state index contributed by atoms with van der Waals surface area (Å²) in [5.41, 5.74) is 1.08. The second-order valence-electron chi connectivity index (χ2n) is 2.92. The van der Waals surface area contributed by atoms with Gasteiger partial charge in [0.15, 0.2) is 0 Å². The predicted molar refractivity (Wildman–Crippen MR) is 56.2 cm³/mol. The van der Waals surface area contributed by atoms with Gasteiger partial charge in [-0.2, -0.15) is 5.10 Å². The van der Waals surface area contributed by atoms with Crippen molar-refractivity contribution in [3.63, 3.8) is 0 Å². The number of ether oxygens (including phenoxy) is 1. The Morgan fingerprint density at radius 2 is 2.40 bits per heavy atom. The molecule has 0 amide bonds. The molecule has 15 heavy (non-hydrogen) atoms. The Bertz CT molecular complexity index is 507. The van der Waals surface area contributed by atoms with E-state index in [9.17, 15) is 4.79 Å². The summed E-state index contributed by atoms with van der Waals surface area (Å²) < 4.78 is 6.39. The van der Waals surface area contributed by atoms with Crippen molar-refractivity contribution in [3.8, 4) is 0 Å². The highest BCUT2D eigenvalue weighted by Crippen LogP contribution is 2.16. The van der Waals surface area contributed by atoms with Crippen molar-refractivity contribution in [2.45, 2.75) is 6.92 Å². The quantitative estimate of drug-likeness (QED) is 0.580. The molecule has 0 saturated heterocycles. The first-order valence-electron chi connectivity index (χ1n) is 4.53. The minimum absolute atomic E-state index is 0.344. The van der Waals surface area contributed by atoms with E-state index >= 15 is 0 Å². The number of rotatable bonds is 2. The van der Waals surface area contributed by atoms with Crippen molar-refractivity contribution in [1.82, 2.24) is 9.61 Å². The molecule has 0 fully saturated rings. The molecule has 0 atom stereocenters. The topological polar surface area (TPSA) is 43.6 Å². The van der Waals surface area contributed by atoms with Gasteiger partial charge in [0.05, 0.1) is 18.3 Å². The fraction of sp³-hybridized carbons (Fsp3) is 0.200. The first-order valence-corrected chi connectivity index (χ1v) is 4.91. The largest absolute Gasteiger partial charge is 0.462 e. The molecule has 5 heteroatoms. The number of hydrogen-bond donors (Lipinski definition) is 0. The van der Waals surface area contributed by atoms with Crippen LogP contribution in [0.3, 0.4) is 0 Å². The van der Waals surface area contributed by atoms with E-state index in [0.717, 1.165) is 0 Å². The van der Waals surface area contributed by atoms with E-state index in [1.54, 1.807) is 25.1 Å². The first-order chi connectivity index (χ1) is 7.24. The van der Waals surface area contributed by atoms with E-state index in [1.807, 2.05) is 0 Å². The van der Waals surface area contributed by atoms with Crippen LogP contribution < -0.4 is 0 Å². The Morgan fingerprint density at radius 1 is 1.60 bits per heavy atom. The SMILES string of the molecule is CCOC(=O)c1cnn2c(Cl)cccc12. The standard InChI is InChI=1S/C10H9ClN2O2/c1-2-15-10(14)7-6-12-13-8(7)4-3-5-9(13)11/h3-6H,2H2,1H3. The number of pyridine rings is 1. The molecule has 0 radical (unpaired) electrons. The molecule has 0 saturated carbocycles. The molecule has 4 nitrogen and oxygen atoms in total. The van der Waals surface area contributed by atoms with Crippen LogP contribution in [0.4, 0.5) is 0 Å². The molecule has 2 rings (SSSR count). The molecule has 0 aromatic carbocycles. The fourth-order valence-corrected chi connectivity index (χ4v) is 1.55. The minimum Gasteiger partial charge on any atom is -0.462 e. The van der Waals surface area contributed by atoms with Gasteiger partial charge < -0.3 is 4.74 Å². The van der Waals surface area contributed by atoms with Gasteiger partial charge in [-0.3, -0.25) is 0 Å². The van der Waals surface area contributed by atoms with Crippen LogP contribution in [0.1, 0.15) is 17.3 Å². The van der Waals surface area contributed by atoms with Crippen molar-refractivity contribution in [2.24, 2.45) is 0 Å². The molecule has 0 aliphatic heterocycles. The summed E-state index contributed by atoms with van der Waals surface area (Å²) in [7, 11) is 0. The second-order valence-corrected chi connectivity index (χ2v) is 3.31. The van der Waals surface area contributed by atoms with E-state index in [1.165, 1.54) is 10.7 Å². The summed E-state index contributed by atoms with van der Waals surface area (Å²) in [6.45, 7) is 2.10. The molecule has 0 aliphatic rings. The molecule has 2 aromatic heterocycles. The number of fused-ring (bicyclic) bond motifs is 1. The summed E-state index contributed by atoms with van der Waals surface area (Å²) in [6, 6.07) is 5.24. The fourth-order valence-electron chi connectivity index (χ4n) is 1.34. The van der Waals surface area contributed by atoms with Gasteiger partial charge in [-0.25, -0.2) is 9.31 Å². The lowest BCUT2D eigenvalue weighted by molar-refractivity contribution is 0.0528. The Morgan fingerprint density at radius 3 is 3.13 bits per heavy atom. The molecule has 78 valence electrons. The Labute approximate surface area is 91.4 Å². The lowest BCUT2D eigenvalue weighted by atomic mass is 10.3. The van der Waals surface area contributed by atoms with E-state index < -0.39 is 0 Å². The lowest BCUT2D eigenvalue weighted by Gasteiger charge is -1.99. The maximum absolute atomic E-state index is 11.5. The molecule has 2 heterocycles. The summed E-state index contributed by atoms with van der Waals surface area (Å²) in [5.74, 6) is -0.380. The third kappa shape index (κ3) is 1.68. The molecule has 2 aromatic rings. The summed E-state index contributed by atoms with van der Waals surface area (Å²) in [4.78, 5) is 11.5. The van der Waals surface area contributed by atoms with Crippen LogP contribution in [0.15, 0.2) is 24.4 Å². The number of halogens is 1. The van der Waals surface area contributed by atoms with Gasteiger partial charge in [-0.15, -0.1) is 0 Å². The number of nitrogens with zero attached hydrogens (tertiary/aromatic N) is 2. The summed E-state index contributed by atoms with van der Waals surface area (Å²) >= 11 is 5.90. The Hall–Kier alpha value is -1.55. The van der Waals surface area contributed by atoms with Gasteiger partial charge in [-0.05, 0) is 19.1 Å². The lowest BCUT2D eigenvalue weighted by Crippen LogP contribution is -2.03. The van der Waals surface area contributed by atoms with Crippen molar-refractivity contribution in [1.29, 1.82) is 0 Å². The van der Waals surface area contributed by atoms with Crippen LogP contribution in [-0.4, -0.2) is 22.2 Å². The van der Waals surface area contributed by atoms with Crippen LogP contribution in [-0.2, 0) is 4.74 Å². The molecule has 0 unspecified atom stereocenters. The van der Waals surface area contributed by atoms with Crippen LogP contribution in [0.5, 0.6) is 0 Å². The smallest absolute Gasteiger partial charge is 0.341 e. The van der Waals surface area contributed by atoms with Gasteiger partial charge in [0.2, 0.25) is 0 Å². The molecular weight excluding hydrogens is 216 g/mol. The molecular formula is C10H9ClN2O2. The highest BCUT2D eigenvalue weighted by molar-refractivity contribution is 6.29. The van der Waals surface area contributed by atoms with E-state index in [0.29, 0.717) is 22.8 Å². The maximum atomic E-state index is 11.5. The maximum Gasteiger partial charge on any atom is 0.341 e. The van der Waals surface area contributed by atoms with Crippen LogP contribution in [0, 0.1) is 0 Å². The predicted octanol–water partition coefficient (Wildman–Crippen LogP) is 2.16. The van der Waals surface area contributed by atoms with Crippen LogP contribution in [0.2, 0.25) is 5.15 Å². The Kier molecular flexibility index (Phi) is 2.60.